The minimum atomic E-state index is -4.06. The maximum absolute atomic E-state index is 13.5. The highest BCUT2D eigenvalue weighted by Gasteiger charge is 2.21. The Balaban J connectivity index is 1.55. The first-order valence-corrected chi connectivity index (χ1v) is 12.7. The molecule has 1 aromatic heterocycles. The molecule has 5 rings (SSSR count). The Morgan fingerprint density at radius 1 is 0.778 bits per heavy atom. The van der Waals surface area contributed by atoms with Crippen LogP contribution < -0.4 is 10.3 Å². The lowest BCUT2D eigenvalue weighted by Gasteiger charge is -2.13. The van der Waals surface area contributed by atoms with Gasteiger partial charge in [-0.3, -0.25) is 9.59 Å². The fourth-order valence-corrected chi connectivity index (χ4v) is 5.11. The van der Waals surface area contributed by atoms with Crippen molar-refractivity contribution >= 4 is 26.8 Å². The Morgan fingerprint density at radius 2 is 1.36 bits per heavy atom. The van der Waals surface area contributed by atoms with Crippen LogP contribution in [0.25, 0.3) is 22.3 Å². The lowest BCUT2D eigenvalue weighted by Crippen LogP contribution is -2.31. The minimum absolute atomic E-state index is 0.0210. The van der Waals surface area contributed by atoms with E-state index in [9.17, 15) is 22.4 Å². The van der Waals surface area contributed by atoms with Gasteiger partial charge in [-0.15, -0.1) is 0 Å². The summed E-state index contributed by atoms with van der Waals surface area (Å²) in [7, 11) is -4.06. The van der Waals surface area contributed by atoms with Crippen LogP contribution in [0.1, 0.15) is 15.9 Å². The van der Waals surface area contributed by atoms with Crippen LogP contribution in [0.4, 0.5) is 4.39 Å². The summed E-state index contributed by atoms with van der Waals surface area (Å²) in [6.45, 7) is 0. The van der Waals surface area contributed by atoms with Crippen LogP contribution in [0.5, 0.6) is 0 Å². The molecule has 0 atom stereocenters. The summed E-state index contributed by atoms with van der Waals surface area (Å²) in [5, 5.41) is 0.256. The highest BCUT2D eigenvalue weighted by Crippen LogP contribution is 2.22. The molecule has 0 spiro atoms. The second-order valence-corrected chi connectivity index (χ2v) is 9.87. The summed E-state index contributed by atoms with van der Waals surface area (Å²) in [4.78, 5) is 26.3. The second kappa shape index (κ2) is 9.27. The molecule has 4 aromatic carbocycles. The van der Waals surface area contributed by atoms with Crippen molar-refractivity contribution in [2.24, 2.45) is 0 Å². The van der Waals surface area contributed by atoms with Crippen LogP contribution in [0, 0.1) is 5.82 Å². The van der Waals surface area contributed by atoms with Gasteiger partial charge < -0.3 is 0 Å². The lowest BCUT2D eigenvalue weighted by molar-refractivity contribution is 0.0981. The largest absolute Gasteiger partial charge is 0.279 e. The van der Waals surface area contributed by atoms with Gasteiger partial charge in [0.1, 0.15) is 5.82 Å². The van der Waals surface area contributed by atoms with E-state index in [0.717, 1.165) is 17.8 Å². The number of halogens is 1. The number of para-hydroxylation sites is 2. The van der Waals surface area contributed by atoms with Gasteiger partial charge in [0.25, 0.3) is 11.5 Å². The van der Waals surface area contributed by atoms with E-state index in [1.165, 1.54) is 28.9 Å². The Hall–Kier alpha value is -4.50. The molecule has 7 nitrogen and oxygen atoms in total. The number of hydrogen-bond donors (Lipinski definition) is 1. The molecule has 0 radical (unpaired) electrons. The van der Waals surface area contributed by atoms with Crippen LogP contribution >= 0.6 is 0 Å². The third-order valence-electron chi connectivity index (χ3n) is 5.63. The molecule has 180 valence electrons. The lowest BCUT2D eigenvalue weighted by atomic mass is 10.1. The average molecular weight is 502 g/mol. The predicted molar refractivity (Wildman–Crippen MR) is 135 cm³/mol. The van der Waals surface area contributed by atoms with Gasteiger partial charge in [-0.1, -0.05) is 48.5 Å². The number of carbonyl (C=O) groups is 1. The highest BCUT2D eigenvalue weighted by molar-refractivity contribution is 7.89. The number of hydrogen-bond acceptors (Lipinski definition) is 4. The van der Waals surface area contributed by atoms with Crippen LogP contribution in [0.3, 0.4) is 0 Å². The number of fused-ring (bicyclic) bond motifs is 1. The quantitative estimate of drug-likeness (QED) is 0.378. The second-order valence-electron chi connectivity index (χ2n) is 8.15. The molecular formula is C27H20FN3O4S. The Labute approximate surface area is 206 Å². The number of rotatable bonds is 6. The van der Waals surface area contributed by atoms with Crippen molar-refractivity contribution in [1.29, 1.82) is 0 Å². The van der Waals surface area contributed by atoms with Gasteiger partial charge in [0, 0.05) is 5.56 Å². The molecule has 0 aliphatic heterocycles. The van der Waals surface area contributed by atoms with Gasteiger partial charge in [-0.25, -0.2) is 26.9 Å². The number of nitrogens with zero attached hydrogens (tertiary/aromatic N) is 2. The number of benzene rings is 4. The van der Waals surface area contributed by atoms with E-state index in [-0.39, 0.29) is 16.5 Å². The summed E-state index contributed by atoms with van der Waals surface area (Å²) < 4.78 is 43.5. The normalized spacial score (nSPS) is 11.5. The van der Waals surface area contributed by atoms with Gasteiger partial charge in [0.05, 0.1) is 28.0 Å². The van der Waals surface area contributed by atoms with Gasteiger partial charge in [-0.2, -0.15) is 0 Å². The first-order valence-electron chi connectivity index (χ1n) is 11.0. The number of amides is 1. The van der Waals surface area contributed by atoms with Gasteiger partial charge in [0.2, 0.25) is 10.0 Å². The first kappa shape index (κ1) is 23.3. The standard InChI is InChI=1S/C27H20FN3O4S/c28-21-14-11-19(12-15-21)18-36(34,35)29-26(32)20-13-16-25-24(17-20)27(33)31(23-9-5-2-6-10-23)30(25)22-7-3-1-4-8-22/h1-17H,18H2,(H,29,32). The van der Waals surface area contributed by atoms with Gasteiger partial charge in [0.15, 0.2) is 0 Å². The van der Waals surface area contributed by atoms with Crippen molar-refractivity contribution in [3.8, 4) is 11.4 Å². The zero-order valence-corrected chi connectivity index (χ0v) is 19.7. The molecule has 0 aliphatic carbocycles. The summed E-state index contributed by atoms with van der Waals surface area (Å²) in [5.41, 5.74) is 1.93. The van der Waals surface area contributed by atoms with Crippen molar-refractivity contribution in [2.45, 2.75) is 5.75 Å². The van der Waals surface area contributed by atoms with E-state index in [1.807, 2.05) is 53.3 Å². The van der Waals surface area contributed by atoms with Crippen LogP contribution in [0.15, 0.2) is 108 Å². The van der Waals surface area contributed by atoms with Crippen molar-refractivity contribution < 1.29 is 17.6 Å². The highest BCUT2D eigenvalue weighted by atomic mass is 32.2. The molecule has 1 heterocycles. The van der Waals surface area contributed by atoms with E-state index in [2.05, 4.69) is 0 Å². The van der Waals surface area contributed by atoms with Gasteiger partial charge >= 0.3 is 0 Å². The smallest absolute Gasteiger partial charge is 0.268 e. The maximum Gasteiger partial charge on any atom is 0.279 e. The van der Waals surface area contributed by atoms with Crippen molar-refractivity contribution in [2.75, 3.05) is 0 Å². The summed E-state index contributed by atoms with van der Waals surface area (Å²) in [6.07, 6.45) is 0. The van der Waals surface area contributed by atoms with Crippen LogP contribution in [-0.2, 0) is 15.8 Å². The third-order valence-corrected chi connectivity index (χ3v) is 6.84. The topological polar surface area (TPSA) is 90.2 Å². The van der Waals surface area contributed by atoms with Crippen LogP contribution in [0.2, 0.25) is 0 Å². The van der Waals surface area contributed by atoms with Crippen molar-refractivity contribution in [3.63, 3.8) is 0 Å². The molecule has 0 aliphatic rings. The molecule has 1 amide bonds. The molecular weight excluding hydrogens is 481 g/mol. The van der Waals surface area contributed by atoms with E-state index in [4.69, 9.17) is 0 Å². The third kappa shape index (κ3) is 4.56. The van der Waals surface area contributed by atoms with E-state index in [0.29, 0.717) is 16.8 Å². The van der Waals surface area contributed by atoms with E-state index < -0.39 is 27.5 Å². The zero-order valence-electron chi connectivity index (χ0n) is 18.8. The molecule has 0 saturated heterocycles. The number of sulfonamides is 1. The molecule has 0 bridgehead atoms. The fraction of sp³-hybridized carbons (Fsp3) is 0.0370. The first-order chi connectivity index (χ1) is 17.3. The molecule has 0 unspecified atom stereocenters. The Kier molecular flexibility index (Phi) is 5.99. The van der Waals surface area contributed by atoms with Crippen molar-refractivity contribution in [3.05, 3.63) is 130 Å². The van der Waals surface area contributed by atoms with Crippen molar-refractivity contribution in [1.82, 2.24) is 14.1 Å². The molecule has 36 heavy (non-hydrogen) atoms. The molecule has 0 fully saturated rings. The number of aromatic nitrogens is 2. The molecule has 9 heteroatoms. The summed E-state index contributed by atoms with van der Waals surface area (Å²) in [5.74, 6) is -1.85. The monoisotopic (exact) mass is 501 g/mol. The number of carbonyl (C=O) groups excluding carboxylic acids is 1. The Bertz CT molecular complexity index is 1730. The minimum Gasteiger partial charge on any atom is -0.268 e. The molecule has 1 N–H and O–H groups in total. The van der Waals surface area contributed by atoms with Crippen LogP contribution in [-0.4, -0.2) is 23.7 Å². The Morgan fingerprint density at radius 3 is 1.97 bits per heavy atom. The number of nitrogens with one attached hydrogen (secondary N) is 1. The zero-order chi connectivity index (χ0) is 25.3. The van der Waals surface area contributed by atoms with E-state index >= 15 is 0 Å². The van der Waals surface area contributed by atoms with E-state index in [1.54, 1.807) is 22.9 Å². The summed E-state index contributed by atoms with van der Waals surface area (Å²) in [6, 6.07) is 27.8. The SMILES string of the molecule is O=C(NS(=O)(=O)Cc1ccc(F)cc1)c1ccc2c(c1)c(=O)n(-c1ccccc1)n2-c1ccccc1. The average Bonchev–Trinajstić information content (AvgIpc) is 3.17. The maximum atomic E-state index is 13.5. The summed E-state index contributed by atoms with van der Waals surface area (Å²) >= 11 is 0. The molecule has 5 aromatic rings. The fourth-order valence-electron chi connectivity index (χ4n) is 4.01. The predicted octanol–water partition coefficient (Wildman–Crippen LogP) is 4.18. The van der Waals surface area contributed by atoms with Gasteiger partial charge in [-0.05, 0) is 60.2 Å². The molecule has 0 saturated carbocycles.